The van der Waals surface area contributed by atoms with Crippen molar-refractivity contribution in [3.8, 4) is 0 Å². The first-order valence-corrected chi connectivity index (χ1v) is 11.1. The molecule has 0 saturated carbocycles. The number of carbonyl (C=O) groups is 1. The van der Waals surface area contributed by atoms with Crippen molar-refractivity contribution >= 4 is 16.0 Å². The van der Waals surface area contributed by atoms with E-state index >= 15 is 0 Å². The van der Waals surface area contributed by atoms with Gasteiger partial charge in [-0.3, -0.25) is 9.69 Å². The van der Waals surface area contributed by atoms with Gasteiger partial charge in [0, 0.05) is 32.6 Å². The Labute approximate surface area is 173 Å². The number of carboxylic acid groups (broad SMARTS) is 1. The molecule has 9 nitrogen and oxygen atoms in total. The van der Waals surface area contributed by atoms with Crippen LogP contribution in [-0.4, -0.2) is 85.7 Å². The molecular weight excluding hydrogens is 400 g/mol. The highest BCUT2D eigenvalue weighted by Gasteiger charge is 2.12. The summed E-state index contributed by atoms with van der Waals surface area (Å²) in [5, 5.41) is 33.9. The number of carboxylic acids is 1. The summed E-state index contributed by atoms with van der Waals surface area (Å²) in [7, 11) is -3.45. The van der Waals surface area contributed by atoms with E-state index in [9.17, 15) is 13.2 Å². The molecule has 168 valence electrons. The van der Waals surface area contributed by atoms with E-state index < -0.39 is 16.0 Å². The third kappa shape index (κ3) is 14.1. The molecule has 29 heavy (non-hydrogen) atoms. The number of nitrogens with zero attached hydrogens (tertiary/aromatic N) is 1. The predicted octanol–water partition coefficient (Wildman–Crippen LogP) is 0.184. The number of aliphatic hydroxyl groups is 3. The van der Waals surface area contributed by atoms with Crippen molar-refractivity contribution in [2.24, 2.45) is 0 Å². The summed E-state index contributed by atoms with van der Waals surface area (Å²) in [6, 6.07) is 6.65. The number of unbranched alkanes of at least 4 members (excludes halogenated alkanes) is 2. The van der Waals surface area contributed by atoms with E-state index in [2.05, 4.69) is 4.72 Å². The van der Waals surface area contributed by atoms with Gasteiger partial charge in [0.05, 0.1) is 24.7 Å². The fourth-order valence-electron chi connectivity index (χ4n) is 2.34. The lowest BCUT2D eigenvalue weighted by atomic mass is 10.2. The molecule has 10 heteroatoms. The fraction of sp³-hybridized carbons (Fsp3) is 0.632. The smallest absolute Gasteiger partial charge is 0.303 e. The topological polar surface area (TPSA) is 147 Å². The standard InChI is InChI=1S/C13H19NO4S.C6H15NO3/c1-11-6-8-12(9-7-11)19(17,18)14-10-4-2-3-5-13(15)16;8-4-1-7(2-5-9)3-6-10/h6-9,14H,2-5,10H2,1H3,(H,15,16);8-10H,1-6H2. The minimum absolute atomic E-state index is 0.0694. The molecule has 0 saturated heterocycles. The number of hydrogen-bond donors (Lipinski definition) is 5. The number of nitrogens with one attached hydrogen (secondary N) is 1. The second kappa shape index (κ2) is 16.3. The molecule has 0 atom stereocenters. The Balaban J connectivity index is 0.000000665. The lowest BCUT2D eigenvalue weighted by Crippen LogP contribution is -2.32. The second-order valence-corrected chi connectivity index (χ2v) is 8.19. The van der Waals surface area contributed by atoms with Gasteiger partial charge in [-0.2, -0.15) is 0 Å². The molecule has 1 rings (SSSR count). The van der Waals surface area contributed by atoms with Gasteiger partial charge in [-0.05, 0) is 31.9 Å². The summed E-state index contributed by atoms with van der Waals surface area (Å²) in [5.74, 6) is -0.819. The summed E-state index contributed by atoms with van der Waals surface area (Å²) in [6.07, 6.45) is 2.04. The quantitative estimate of drug-likeness (QED) is 0.261. The Hall–Kier alpha value is -1.56. The summed E-state index contributed by atoms with van der Waals surface area (Å²) in [4.78, 5) is 12.3. The van der Waals surface area contributed by atoms with Gasteiger partial charge in [-0.15, -0.1) is 0 Å². The van der Waals surface area contributed by atoms with Crippen molar-refractivity contribution < 1.29 is 33.6 Å². The first-order valence-electron chi connectivity index (χ1n) is 9.60. The van der Waals surface area contributed by atoms with E-state index in [0.29, 0.717) is 45.4 Å². The second-order valence-electron chi connectivity index (χ2n) is 6.43. The van der Waals surface area contributed by atoms with Crippen LogP contribution in [0.3, 0.4) is 0 Å². The molecule has 1 aromatic rings. The van der Waals surface area contributed by atoms with Gasteiger partial charge in [0.2, 0.25) is 10.0 Å². The number of hydrogen-bond acceptors (Lipinski definition) is 7. The van der Waals surface area contributed by atoms with Crippen LogP contribution in [0.1, 0.15) is 31.2 Å². The Morgan fingerprint density at radius 1 is 0.931 bits per heavy atom. The maximum absolute atomic E-state index is 11.9. The van der Waals surface area contributed by atoms with Crippen molar-refractivity contribution in [1.29, 1.82) is 0 Å². The Morgan fingerprint density at radius 2 is 1.45 bits per heavy atom. The molecule has 0 amide bonds. The van der Waals surface area contributed by atoms with Crippen LogP contribution in [0.2, 0.25) is 0 Å². The van der Waals surface area contributed by atoms with Crippen LogP contribution >= 0.6 is 0 Å². The van der Waals surface area contributed by atoms with Gasteiger partial charge in [0.1, 0.15) is 0 Å². The molecule has 0 spiro atoms. The number of sulfonamides is 1. The number of aliphatic hydroxyl groups excluding tert-OH is 3. The zero-order chi connectivity index (χ0) is 22.1. The fourth-order valence-corrected chi connectivity index (χ4v) is 3.42. The molecule has 5 N–H and O–H groups in total. The zero-order valence-corrected chi connectivity index (χ0v) is 17.8. The maximum Gasteiger partial charge on any atom is 0.303 e. The average Bonchev–Trinajstić information content (AvgIpc) is 2.66. The van der Waals surface area contributed by atoms with Crippen molar-refractivity contribution in [3.63, 3.8) is 0 Å². The molecule has 0 aliphatic rings. The van der Waals surface area contributed by atoms with Gasteiger partial charge < -0.3 is 20.4 Å². The van der Waals surface area contributed by atoms with Crippen LogP contribution in [-0.2, 0) is 14.8 Å². The van der Waals surface area contributed by atoms with Crippen LogP contribution in [0.5, 0.6) is 0 Å². The van der Waals surface area contributed by atoms with Crippen molar-refractivity contribution in [3.05, 3.63) is 29.8 Å². The number of benzene rings is 1. The lowest BCUT2D eigenvalue weighted by molar-refractivity contribution is -0.137. The highest BCUT2D eigenvalue weighted by molar-refractivity contribution is 7.89. The zero-order valence-electron chi connectivity index (χ0n) is 17.0. The molecule has 0 aliphatic carbocycles. The van der Waals surface area contributed by atoms with E-state index in [1.54, 1.807) is 29.2 Å². The summed E-state index contributed by atoms with van der Waals surface area (Å²) in [6.45, 7) is 3.98. The largest absolute Gasteiger partial charge is 0.481 e. The summed E-state index contributed by atoms with van der Waals surface area (Å²) in [5.41, 5.74) is 1.01. The van der Waals surface area contributed by atoms with Gasteiger partial charge in [0.15, 0.2) is 0 Å². The Bertz CT molecular complexity index is 637. The summed E-state index contributed by atoms with van der Waals surface area (Å²) < 4.78 is 26.3. The monoisotopic (exact) mass is 434 g/mol. The average molecular weight is 435 g/mol. The molecule has 0 aliphatic heterocycles. The number of rotatable bonds is 14. The molecule has 1 aromatic carbocycles. The highest BCUT2D eigenvalue weighted by Crippen LogP contribution is 2.10. The van der Waals surface area contributed by atoms with Gasteiger partial charge in [0.25, 0.3) is 0 Å². The van der Waals surface area contributed by atoms with Crippen LogP contribution in [0.4, 0.5) is 0 Å². The van der Waals surface area contributed by atoms with Crippen molar-refractivity contribution in [1.82, 2.24) is 9.62 Å². The molecule has 0 radical (unpaired) electrons. The minimum Gasteiger partial charge on any atom is -0.481 e. The third-order valence-corrected chi connectivity index (χ3v) is 5.42. The number of aryl methyl sites for hydroxylation is 1. The van der Waals surface area contributed by atoms with E-state index in [4.69, 9.17) is 20.4 Å². The maximum atomic E-state index is 11.9. The van der Waals surface area contributed by atoms with Crippen LogP contribution in [0, 0.1) is 6.92 Å². The predicted molar refractivity (Wildman–Crippen MR) is 110 cm³/mol. The Kier molecular flexibility index (Phi) is 15.4. The van der Waals surface area contributed by atoms with E-state index in [1.807, 2.05) is 6.92 Å². The first kappa shape index (κ1) is 27.4. The van der Waals surface area contributed by atoms with E-state index in [1.165, 1.54) is 0 Å². The Morgan fingerprint density at radius 3 is 1.90 bits per heavy atom. The minimum atomic E-state index is -3.45. The van der Waals surface area contributed by atoms with Crippen molar-refractivity contribution in [2.75, 3.05) is 46.0 Å². The van der Waals surface area contributed by atoms with E-state index in [0.717, 1.165) is 5.56 Å². The normalized spacial score (nSPS) is 11.2. The van der Waals surface area contributed by atoms with Crippen LogP contribution < -0.4 is 4.72 Å². The summed E-state index contributed by atoms with van der Waals surface area (Å²) >= 11 is 0. The number of aliphatic carboxylic acids is 1. The third-order valence-electron chi connectivity index (χ3n) is 3.94. The SMILES string of the molecule is Cc1ccc(S(=O)(=O)NCCCCCC(=O)O)cc1.OCCN(CCO)CCO. The molecule has 0 heterocycles. The molecular formula is C19H34N2O7S. The highest BCUT2D eigenvalue weighted by atomic mass is 32.2. The first-order chi connectivity index (χ1) is 13.8. The van der Waals surface area contributed by atoms with Gasteiger partial charge in [-0.25, -0.2) is 13.1 Å². The molecule has 0 fully saturated rings. The molecule has 0 aromatic heterocycles. The van der Waals surface area contributed by atoms with Crippen LogP contribution in [0.15, 0.2) is 29.2 Å². The van der Waals surface area contributed by atoms with Crippen molar-refractivity contribution in [2.45, 2.75) is 37.5 Å². The van der Waals surface area contributed by atoms with Gasteiger partial charge in [-0.1, -0.05) is 24.1 Å². The van der Waals surface area contributed by atoms with Crippen LogP contribution in [0.25, 0.3) is 0 Å². The molecule has 0 bridgehead atoms. The van der Waals surface area contributed by atoms with Gasteiger partial charge >= 0.3 is 5.97 Å². The van der Waals surface area contributed by atoms with E-state index in [-0.39, 0.29) is 31.1 Å². The molecule has 0 unspecified atom stereocenters. The lowest BCUT2D eigenvalue weighted by Gasteiger charge is -2.17.